The van der Waals surface area contributed by atoms with E-state index in [4.69, 9.17) is 13.8 Å². The average Bonchev–Trinajstić information content (AvgIpc) is 2.67. The van der Waals surface area contributed by atoms with Crippen LogP contribution in [0.1, 0.15) is 30.8 Å². The fourth-order valence-corrected chi connectivity index (χ4v) is 4.77. The van der Waals surface area contributed by atoms with E-state index in [9.17, 15) is 14.7 Å². The third-order valence-corrected chi connectivity index (χ3v) is 6.35. The Kier molecular flexibility index (Phi) is 7.57. The van der Waals surface area contributed by atoms with Gasteiger partial charge in [-0.3, -0.25) is 14.7 Å². The summed E-state index contributed by atoms with van der Waals surface area (Å²) in [6.45, 7) is 5.46. The van der Waals surface area contributed by atoms with E-state index in [2.05, 4.69) is 5.32 Å². The van der Waals surface area contributed by atoms with Gasteiger partial charge < -0.3 is 19.1 Å². The van der Waals surface area contributed by atoms with Crippen LogP contribution in [0.25, 0.3) is 0 Å². The summed E-state index contributed by atoms with van der Waals surface area (Å²) in [4.78, 5) is 10.8. The lowest BCUT2D eigenvalue weighted by Gasteiger charge is -2.29. The summed E-state index contributed by atoms with van der Waals surface area (Å²) in [5, 5.41) is 14.4. The zero-order valence-electron chi connectivity index (χ0n) is 16.4. The molecule has 1 atom stereocenters. The maximum Gasteiger partial charge on any atom is 0.357 e. The molecule has 2 rings (SSSR count). The van der Waals surface area contributed by atoms with Gasteiger partial charge in [-0.1, -0.05) is 24.3 Å². The highest BCUT2D eigenvalue weighted by molar-refractivity contribution is 7.54. The second kappa shape index (κ2) is 9.68. The molecular formula is C19H25N2O6P. The minimum absolute atomic E-state index is 0.0357. The summed E-state index contributed by atoms with van der Waals surface area (Å²) in [6.07, 6.45) is 0. The zero-order chi connectivity index (χ0) is 20.7. The third-order valence-electron chi connectivity index (χ3n) is 4.08. The van der Waals surface area contributed by atoms with Crippen LogP contribution >= 0.6 is 7.60 Å². The molecule has 0 radical (unpaired) electrons. The molecule has 0 fully saturated rings. The van der Waals surface area contributed by atoms with Gasteiger partial charge in [-0.2, -0.15) is 0 Å². The van der Waals surface area contributed by atoms with E-state index in [0.29, 0.717) is 22.6 Å². The summed E-state index contributed by atoms with van der Waals surface area (Å²) >= 11 is 0. The number of anilines is 1. The first-order valence-corrected chi connectivity index (χ1v) is 10.5. The van der Waals surface area contributed by atoms with Crippen molar-refractivity contribution in [3.63, 3.8) is 0 Å². The Morgan fingerprint density at radius 2 is 1.79 bits per heavy atom. The molecule has 0 heterocycles. The van der Waals surface area contributed by atoms with E-state index in [1.165, 1.54) is 13.2 Å². The molecule has 0 bridgehead atoms. The Morgan fingerprint density at radius 3 is 2.36 bits per heavy atom. The minimum atomic E-state index is -3.67. The number of nitrogens with zero attached hydrogens (tertiary/aromatic N) is 1. The predicted octanol–water partition coefficient (Wildman–Crippen LogP) is 5.29. The van der Waals surface area contributed by atoms with Crippen LogP contribution in [0.4, 0.5) is 11.4 Å². The number of aryl methyl sites for hydroxylation is 1. The van der Waals surface area contributed by atoms with Crippen LogP contribution in [0.2, 0.25) is 0 Å². The van der Waals surface area contributed by atoms with Crippen molar-refractivity contribution < 1.29 is 23.3 Å². The van der Waals surface area contributed by atoms with Crippen LogP contribution in [0, 0.1) is 17.0 Å². The summed E-state index contributed by atoms with van der Waals surface area (Å²) < 4.78 is 30.1. The topological polar surface area (TPSA) is 99.9 Å². The van der Waals surface area contributed by atoms with Crippen LogP contribution in [-0.2, 0) is 13.6 Å². The number of hydrogen-bond acceptors (Lipinski definition) is 7. The Morgan fingerprint density at radius 1 is 1.14 bits per heavy atom. The lowest BCUT2D eigenvalue weighted by Crippen LogP contribution is -2.16. The summed E-state index contributed by atoms with van der Waals surface area (Å²) in [5.74, 6) is -0.410. The minimum Gasteiger partial charge on any atom is -0.496 e. The molecular weight excluding hydrogens is 383 g/mol. The SMILES string of the molecule is CCOP(=O)(OCC)C(Nc1ccc(C)c([N+](=O)[O-])c1)c1ccccc1OC. The van der Waals surface area contributed by atoms with Gasteiger partial charge >= 0.3 is 7.60 Å². The Balaban J connectivity index is 2.57. The quantitative estimate of drug-likeness (QED) is 0.324. The molecule has 2 aromatic rings. The first-order valence-electron chi connectivity index (χ1n) is 8.89. The van der Waals surface area contributed by atoms with E-state index in [0.717, 1.165) is 0 Å². The van der Waals surface area contributed by atoms with Gasteiger partial charge in [0.15, 0.2) is 5.78 Å². The van der Waals surface area contributed by atoms with Crippen LogP contribution < -0.4 is 10.1 Å². The second-order valence-electron chi connectivity index (χ2n) is 5.92. The van der Waals surface area contributed by atoms with Gasteiger partial charge in [0, 0.05) is 22.9 Å². The number of nitro groups is 1. The number of nitrogens with one attached hydrogen (secondary N) is 1. The smallest absolute Gasteiger partial charge is 0.357 e. The molecule has 2 aromatic carbocycles. The molecule has 0 spiro atoms. The number of benzene rings is 2. The standard InChI is InChI=1S/C19H25N2O6P/c1-5-26-28(24,27-6-2)19(16-9-7-8-10-18(16)25-4)20-15-12-11-14(3)17(13-15)21(22)23/h7-13,19-20H,5-6H2,1-4H3. The molecule has 0 saturated heterocycles. The molecule has 0 aliphatic heterocycles. The van der Waals surface area contributed by atoms with Gasteiger partial charge in [0.05, 0.1) is 25.2 Å². The van der Waals surface area contributed by atoms with E-state index >= 15 is 0 Å². The molecule has 1 unspecified atom stereocenters. The molecule has 0 saturated carbocycles. The first kappa shape index (κ1) is 21.9. The van der Waals surface area contributed by atoms with Crippen molar-refractivity contribution in [2.45, 2.75) is 26.6 Å². The van der Waals surface area contributed by atoms with Gasteiger partial charge in [0.25, 0.3) is 5.69 Å². The lowest BCUT2D eigenvalue weighted by molar-refractivity contribution is -0.385. The van der Waals surface area contributed by atoms with Crippen LogP contribution in [0.5, 0.6) is 5.75 Å². The average molecular weight is 408 g/mol. The molecule has 152 valence electrons. The number of ether oxygens (including phenoxy) is 1. The van der Waals surface area contributed by atoms with Crippen molar-refractivity contribution in [3.05, 3.63) is 63.7 Å². The van der Waals surface area contributed by atoms with Crippen molar-refractivity contribution in [1.82, 2.24) is 0 Å². The highest BCUT2D eigenvalue weighted by Crippen LogP contribution is 2.62. The second-order valence-corrected chi connectivity index (χ2v) is 8.04. The van der Waals surface area contributed by atoms with Crippen LogP contribution in [0.15, 0.2) is 42.5 Å². The monoisotopic (exact) mass is 408 g/mol. The first-order chi connectivity index (χ1) is 13.4. The molecule has 28 heavy (non-hydrogen) atoms. The number of hydrogen-bond donors (Lipinski definition) is 1. The molecule has 0 amide bonds. The highest BCUT2D eigenvalue weighted by Gasteiger charge is 2.39. The fraction of sp³-hybridized carbons (Fsp3) is 0.368. The number of nitro benzene ring substituents is 1. The van der Waals surface area contributed by atoms with E-state index in [-0.39, 0.29) is 18.9 Å². The van der Waals surface area contributed by atoms with Gasteiger partial charge in [-0.05, 0) is 32.9 Å². The van der Waals surface area contributed by atoms with Crippen LogP contribution in [0.3, 0.4) is 0 Å². The number of rotatable bonds is 10. The predicted molar refractivity (Wildman–Crippen MR) is 108 cm³/mol. The number of para-hydroxylation sites is 1. The van der Waals surface area contributed by atoms with Crippen molar-refractivity contribution in [2.24, 2.45) is 0 Å². The molecule has 9 heteroatoms. The van der Waals surface area contributed by atoms with Gasteiger partial charge in [-0.15, -0.1) is 0 Å². The normalized spacial score (nSPS) is 12.4. The van der Waals surface area contributed by atoms with E-state index in [1.807, 2.05) is 0 Å². The Bertz CT molecular complexity index is 863. The molecule has 1 N–H and O–H groups in total. The van der Waals surface area contributed by atoms with Crippen molar-refractivity contribution >= 4 is 19.0 Å². The van der Waals surface area contributed by atoms with E-state index in [1.54, 1.807) is 57.2 Å². The molecule has 0 aromatic heterocycles. The molecule has 0 aliphatic rings. The molecule has 0 aliphatic carbocycles. The van der Waals surface area contributed by atoms with Gasteiger partial charge in [0.2, 0.25) is 0 Å². The van der Waals surface area contributed by atoms with Crippen molar-refractivity contribution in [3.8, 4) is 5.75 Å². The molecule has 8 nitrogen and oxygen atoms in total. The maximum atomic E-state index is 13.6. The Labute approximate surface area is 164 Å². The zero-order valence-corrected chi connectivity index (χ0v) is 17.3. The lowest BCUT2D eigenvalue weighted by atomic mass is 10.1. The van der Waals surface area contributed by atoms with Gasteiger partial charge in [-0.25, -0.2) is 0 Å². The van der Waals surface area contributed by atoms with Crippen molar-refractivity contribution in [2.75, 3.05) is 25.6 Å². The largest absolute Gasteiger partial charge is 0.496 e. The highest BCUT2D eigenvalue weighted by atomic mass is 31.2. The number of methoxy groups -OCH3 is 1. The maximum absolute atomic E-state index is 13.6. The third kappa shape index (κ3) is 4.90. The van der Waals surface area contributed by atoms with Crippen LogP contribution in [-0.4, -0.2) is 25.2 Å². The van der Waals surface area contributed by atoms with Crippen molar-refractivity contribution in [1.29, 1.82) is 0 Å². The summed E-state index contributed by atoms with van der Waals surface area (Å²) in [6, 6.07) is 11.8. The van der Waals surface area contributed by atoms with E-state index < -0.39 is 18.3 Å². The fourth-order valence-electron chi connectivity index (χ4n) is 2.82. The summed E-state index contributed by atoms with van der Waals surface area (Å²) in [5.41, 5.74) is 1.49. The summed E-state index contributed by atoms with van der Waals surface area (Å²) in [7, 11) is -2.16. The Hall–Kier alpha value is -2.41. The van der Waals surface area contributed by atoms with Gasteiger partial charge in [0.1, 0.15) is 5.75 Å².